The largest absolute Gasteiger partial charge is 0.255 e. The van der Waals surface area contributed by atoms with Crippen LogP contribution in [0.1, 0.15) is 20.3 Å². The first-order chi connectivity index (χ1) is 10.9. The summed E-state index contributed by atoms with van der Waals surface area (Å²) in [6.07, 6.45) is 0.559. The van der Waals surface area contributed by atoms with Crippen molar-refractivity contribution in [1.82, 2.24) is 0 Å². The third-order valence-corrected chi connectivity index (χ3v) is 4.21. The zero-order valence-corrected chi connectivity index (χ0v) is 16.8. The summed E-state index contributed by atoms with van der Waals surface area (Å²) < 4.78 is 0. The predicted molar refractivity (Wildman–Crippen MR) is 103 cm³/mol. The van der Waals surface area contributed by atoms with Crippen LogP contribution in [-0.4, -0.2) is 11.4 Å². The zero-order valence-electron chi connectivity index (χ0n) is 12.9. The van der Waals surface area contributed by atoms with Gasteiger partial charge in [0.15, 0.2) is 0 Å². The van der Waals surface area contributed by atoms with Gasteiger partial charge in [0.05, 0.1) is 20.1 Å². The van der Waals surface area contributed by atoms with E-state index in [0.29, 0.717) is 37.9 Å². The van der Waals surface area contributed by atoms with Crippen molar-refractivity contribution in [2.24, 2.45) is 9.98 Å². The fourth-order valence-electron chi connectivity index (χ4n) is 2.02. The minimum atomic E-state index is 0. The van der Waals surface area contributed by atoms with E-state index in [9.17, 15) is 0 Å². The molecule has 0 fully saturated rings. The third-order valence-electron chi connectivity index (χ3n) is 2.99. The van der Waals surface area contributed by atoms with E-state index in [1.807, 2.05) is 13.8 Å². The van der Waals surface area contributed by atoms with Gasteiger partial charge >= 0.3 is 0 Å². The van der Waals surface area contributed by atoms with Crippen molar-refractivity contribution in [3.8, 4) is 0 Å². The van der Waals surface area contributed by atoms with Gasteiger partial charge in [-0.15, -0.1) is 0 Å². The number of nitrogens with zero attached hydrogens (tertiary/aromatic N) is 2. The Morgan fingerprint density at radius 1 is 0.708 bits per heavy atom. The van der Waals surface area contributed by atoms with E-state index in [2.05, 4.69) is 9.98 Å². The standard InChI is InChI=1S/C17H14Cl4N2.Cu/c1-10(22-16-12(18)5-3-6-13(16)19)9-11(2)23-17-14(20)7-4-8-15(17)21;/h3-8H,9H2,1-2H3;. The maximum Gasteiger partial charge on any atom is 0.100 e. The van der Waals surface area contributed by atoms with Crippen molar-refractivity contribution in [3.05, 3.63) is 56.5 Å². The number of rotatable bonds is 4. The molecule has 7 heteroatoms. The van der Waals surface area contributed by atoms with Crippen LogP contribution in [0.3, 0.4) is 0 Å². The van der Waals surface area contributed by atoms with Gasteiger partial charge in [-0.05, 0) is 38.1 Å². The molecule has 0 unspecified atom stereocenters. The van der Waals surface area contributed by atoms with Gasteiger partial charge in [-0.3, -0.25) is 9.98 Å². The summed E-state index contributed by atoms with van der Waals surface area (Å²) in [5, 5.41) is 2.06. The molecule has 0 atom stereocenters. The Morgan fingerprint density at radius 2 is 1.00 bits per heavy atom. The summed E-state index contributed by atoms with van der Waals surface area (Å²) in [4.78, 5) is 8.98. The topological polar surface area (TPSA) is 24.7 Å². The van der Waals surface area contributed by atoms with Crippen molar-refractivity contribution in [3.63, 3.8) is 0 Å². The molecule has 131 valence electrons. The Kier molecular flexibility index (Phi) is 8.79. The average Bonchev–Trinajstić information content (AvgIpc) is 2.47. The molecule has 2 aromatic rings. The molecule has 1 radical (unpaired) electrons. The Hall–Kier alpha value is -0.541. The first-order valence-electron chi connectivity index (χ1n) is 6.85. The number of benzene rings is 2. The molecule has 0 amide bonds. The fraction of sp³-hybridized carbons (Fsp3) is 0.176. The second-order valence-corrected chi connectivity index (χ2v) is 6.64. The Bertz CT molecular complexity index is 682. The van der Waals surface area contributed by atoms with Gasteiger partial charge in [0.2, 0.25) is 0 Å². The second-order valence-electron chi connectivity index (χ2n) is 5.01. The fourth-order valence-corrected chi connectivity index (χ4v) is 2.99. The van der Waals surface area contributed by atoms with Gasteiger partial charge in [-0.25, -0.2) is 0 Å². The van der Waals surface area contributed by atoms with E-state index in [1.165, 1.54) is 0 Å². The molecule has 2 rings (SSSR count). The molecule has 0 heterocycles. The van der Waals surface area contributed by atoms with E-state index in [1.54, 1.807) is 36.4 Å². The van der Waals surface area contributed by atoms with Gasteiger partial charge in [-0.1, -0.05) is 58.5 Å². The molecule has 2 aromatic carbocycles. The maximum absolute atomic E-state index is 6.12. The van der Waals surface area contributed by atoms with Crippen LogP contribution in [-0.2, 0) is 17.1 Å². The molecule has 0 spiro atoms. The molecule has 0 saturated carbocycles. The molecule has 24 heavy (non-hydrogen) atoms. The molecular weight excluding hydrogens is 438 g/mol. The van der Waals surface area contributed by atoms with E-state index < -0.39 is 0 Å². The van der Waals surface area contributed by atoms with Crippen LogP contribution in [0.25, 0.3) is 0 Å². The Labute approximate surface area is 172 Å². The number of hydrogen-bond acceptors (Lipinski definition) is 2. The predicted octanol–water partition coefficient (Wildman–Crippen LogP) is 7.57. The average molecular weight is 452 g/mol. The minimum Gasteiger partial charge on any atom is -0.255 e. The van der Waals surface area contributed by atoms with Crippen LogP contribution in [0, 0.1) is 0 Å². The van der Waals surface area contributed by atoms with E-state index >= 15 is 0 Å². The molecule has 0 aliphatic heterocycles. The van der Waals surface area contributed by atoms with Crippen LogP contribution in [0.5, 0.6) is 0 Å². The van der Waals surface area contributed by atoms with Crippen LogP contribution in [0.4, 0.5) is 11.4 Å². The maximum atomic E-state index is 6.12. The smallest absolute Gasteiger partial charge is 0.100 e. The van der Waals surface area contributed by atoms with Gasteiger partial charge < -0.3 is 0 Å². The summed E-state index contributed by atoms with van der Waals surface area (Å²) in [6, 6.07) is 10.6. The van der Waals surface area contributed by atoms with E-state index in [4.69, 9.17) is 46.4 Å². The van der Waals surface area contributed by atoms with Crippen molar-refractivity contribution < 1.29 is 17.1 Å². The molecule has 0 N–H and O–H groups in total. The van der Waals surface area contributed by atoms with Crippen molar-refractivity contribution in [2.75, 3.05) is 0 Å². The van der Waals surface area contributed by atoms with E-state index in [0.717, 1.165) is 11.4 Å². The Balaban J connectivity index is 0.00000288. The van der Waals surface area contributed by atoms with E-state index in [-0.39, 0.29) is 17.1 Å². The van der Waals surface area contributed by atoms with Gasteiger partial charge in [0.1, 0.15) is 11.4 Å². The Morgan fingerprint density at radius 3 is 1.29 bits per heavy atom. The van der Waals surface area contributed by atoms with Crippen molar-refractivity contribution in [2.45, 2.75) is 20.3 Å². The number of para-hydroxylation sites is 2. The number of halogens is 4. The van der Waals surface area contributed by atoms with Crippen LogP contribution in [0.2, 0.25) is 20.1 Å². The molecule has 2 nitrogen and oxygen atoms in total. The molecular formula is C17H14Cl4CuN2. The zero-order chi connectivity index (χ0) is 17.0. The quantitative estimate of drug-likeness (QED) is 0.338. The molecule has 0 bridgehead atoms. The van der Waals surface area contributed by atoms with Crippen molar-refractivity contribution in [1.29, 1.82) is 0 Å². The van der Waals surface area contributed by atoms with Crippen LogP contribution >= 0.6 is 46.4 Å². The SMILES string of the molecule is CC(CC(C)=Nc1c(Cl)cccc1Cl)=Nc1c(Cl)cccc1Cl.[Cu]. The minimum absolute atomic E-state index is 0. The first kappa shape index (κ1) is 21.5. The summed E-state index contributed by atoms with van der Waals surface area (Å²) in [5.41, 5.74) is 2.81. The summed E-state index contributed by atoms with van der Waals surface area (Å²) in [5.74, 6) is 0. The van der Waals surface area contributed by atoms with Gasteiger partial charge in [0, 0.05) is 34.9 Å². The number of aliphatic imine (C=N–C) groups is 2. The molecule has 0 aliphatic rings. The normalized spacial score (nSPS) is 12.1. The molecule has 0 aromatic heterocycles. The molecule has 0 saturated heterocycles. The molecule has 0 aliphatic carbocycles. The second kappa shape index (κ2) is 9.82. The summed E-state index contributed by atoms with van der Waals surface area (Å²) >= 11 is 24.5. The summed E-state index contributed by atoms with van der Waals surface area (Å²) in [6.45, 7) is 3.79. The van der Waals surface area contributed by atoms with Gasteiger partial charge in [-0.2, -0.15) is 0 Å². The summed E-state index contributed by atoms with van der Waals surface area (Å²) in [7, 11) is 0. The van der Waals surface area contributed by atoms with Gasteiger partial charge in [0.25, 0.3) is 0 Å². The van der Waals surface area contributed by atoms with Crippen LogP contribution in [0.15, 0.2) is 46.4 Å². The first-order valence-corrected chi connectivity index (χ1v) is 8.36. The number of hydrogen-bond donors (Lipinski definition) is 0. The monoisotopic (exact) mass is 449 g/mol. The third kappa shape index (κ3) is 5.77. The van der Waals surface area contributed by atoms with Crippen LogP contribution < -0.4 is 0 Å². The van der Waals surface area contributed by atoms with Crippen molar-refractivity contribution >= 4 is 69.2 Å².